The number of aromatic nitrogens is 1. The van der Waals surface area contributed by atoms with Gasteiger partial charge in [-0.05, 0) is 80.0 Å². The number of nitrogens with two attached hydrogens (primary N) is 3. The number of aliphatic hydroxyl groups excluding tert-OH is 1. The second kappa shape index (κ2) is 28.2. The van der Waals surface area contributed by atoms with Crippen LogP contribution in [0.15, 0.2) is 85.1 Å². The third-order valence-corrected chi connectivity index (χ3v) is 14.6. The molecule has 1 aromatic heterocycles. The van der Waals surface area contributed by atoms with Gasteiger partial charge in [0, 0.05) is 48.0 Å². The van der Waals surface area contributed by atoms with E-state index in [0.29, 0.717) is 30.5 Å². The minimum absolute atomic E-state index is 0.0268. The standard InChI is InChI=1S/C50H69N11O9S2/c1-28(2)42-50(70)56-33(25-55-43(29(3)62)44(53)64)26-71-72-27-41(60-45(65)36(52)21-30-11-5-4-6-12-30)49(69)58-39(22-31-16-18-34(63)19-17-31)47(67)59-40(23-32-24-54-37-14-8-7-13-35(32)37)48(68)57-38(46(66)61-42)15-9-10-20-51/h4-8,11-14,16-19,24,28-29,33,36,38-43,54-55,62-63H,9-10,15,20-23,25-27,51-52H2,1-3H3,(H2,53,64)(H,56,70)(H,57,68)(H,58,69)(H,59,67)(H,60,65)(H,61,66)/t29-,33+,36+,38+,39+,40-,41+,42-,43+/m1/s1. The highest BCUT2D eigenvalue weighted by Crippen LogP contribution is 2.24. The van der Waals surface area contributed by atoms with Gasteiger partial charge in [-0.3, -0.25) is 33.6 Å². The number of unbranched alkanes of at least 4 members (excludes halogenated alkanes) is 1. The van der Waals surface area contributed by atoms with Crippen LogP contribution in [0.5, 0.6) is 5.75 Å². The number of aliphatic hydroxyl groups is 1. The predicted molar refractivity (Wildman–Crippen MR) is 279 cm³/mol. The number of fused-ring (bicyclic) bond motifs is 1. The summed E-state index contributed by atoms with van der Waals surface area (Å²) in [6, 6.07) is 13.3. The molecule has 1 fully saturated rings. The van der Waals surface area contributed by atoms with Crippen LogP contribution in [0.1, 0.15) is 56.7 Å². The molecular formula is C50H69N11O9S2. The Balaban J connectivity index is 1.56. The molecule has 2 heterocycles. The van der Waals surface area contributed by atoms with Crippen LogP contribution in [0.4, 0.5) is 0 Å². The van der Waals surface area contributed by atoms with Crippen LogP contribution in [0.3, 0.4) is 0 Å². The molecule has 1 saturated heterocycles. The van der Waals surface area contributed by atoms with Crippen molar-refractivity contribution in [3.63, 3.8) is 0 Å². The summed E-state index contributed by atoms with van der Waals surface area (Å²) >= 11 is 0. The van der Waals surface area contributed by atoms with Gasteiger partial charge in [-0.1, -0.05) is 96.1 Å². The van der Waals surface area contributed by atoms with Crippen LogP contribution in [0.2, 0.25) is 0 Å². The van der Waals surface area contributed by atoms with E-state index in [1.54, 1.807) is 32.2 Å². The Hall–Kier alpha value is -6.17. The first kappa shape index (κ1) is 56.7. The minimum Gasteiger partial charge on any atom is -0.508 e. The zero-order valence-electron chi connectivity index (χ0n) is 40.7. The number of carbonyl (C=O) groups is 7. The van der Waals surface area contributed by atoms with Gasteiger partial charge < -0.3 is 69.6 Å². The van der Waals surface area contributed by atoms with Gasteiger partial charge in [-0.25, -0.2) is 0 Å². The van der Waals surface area contributed by atoms with Crippen molar-refractivity contribution in [1.82, 2.24) is 42.2 Å². The van der Waals surface area contributed by atoms with E-state index < -0.39 is 102 Å². The molecular weight excluding hydrogens is 963 g/mol. The lowest BCUT2D eigenvalue weighted by Gasteiger charge is -2.30. The monoisotopic (exact) mass is 1030 g/mol. The molecule has 7 amide bonds. The lowest BCUT2D eigenvalue weighted by Crippen LogP contribution is -2.61. The second-order valence-corrected chi connectivity index (χ2v) is 20.8. The van der Waals surface area contributed by atoms with Gasteiger partial charge in [-0.2, -0.15) is 0 Å². The van der Waals surface area contributed by atoms with E-state index in [2.05, 4.69) is 42.2 Å². The molecule has 390 valence electrons. The van der Waals surface area contributed by atoms with Crippen LogP contribution in [-0.2, 0) is 52.8 Å². The number of phenolic OH excluding ortho intramolecular Hbond substituents is 1. The van der Waals surface area contributed by atoms with E-state index in [4.69, 9.17) is 17.2 Å². The number of amides is 7. The molecule has 72 heavy (non-hydrogen) atoms. The summed E-state index contributed by atoms with van der Waals surface area (Å²) in [6.07, 6.45) is 1.62. The molecule has 0 radical (unpaired) electrons. The molecule has 20 nitrogen and oxygen atoms in total. The Morgan fingerprint density at radius 3 is 2.03 bits per heavy atom. The number of aromatic amines is 1. The lowest BCUT2D eigenvalue weighted by atomic mass is 10.00. The minimum atomic E-state index is -1.35. The quantitative estimate of drug-likeness (QED) is 0.0466. The van der Waals surface area contributed by atoms with Crippen LogP contribution in [0, 0.1) is 5.92 Å². The summed E-state index contributed by atoms with van der Waals surface area (Å²) in [5, 5.41) is 41.2. The van der Waals surface area contributed by atoms with Crippen molar-refractivity contribution in [1.29, 1.82) is 0 Å². The number of nitrogens with one attached hydrogen (secondary N) is 8. The Morgan fingerprint density at radius 2 is 1.36 bits per heavy atom. The van der Waals surface area contributed by atoms with E-state index in [1.807, 2.05) is 54.6 Å². The summed E-state index contributed by atoms with van der Waals surface area (Å²) < 4.78 is 0. The number of hydrogen-bond donors (Lipinski definition) is 13. The van der Waals surface area contributed by atoms with Crippen molar-refractivity contribution in [2.24, 2.45) is 23.1 Å². The Morgan fingerprint density at radius 1 is 0.736 bits per heavy atom. The average molecular weight is 1030 g/mol. The van der Waals surface area contributed by atoms with Crippen molar-refractivity contribution >= 4 is 73.8 Å². The molecule has 0 saturated carbocycles. The number of carbonyl (C=O) groups excluding carboxylic acids is 7. The molecule has 4 aromatic rings. The first-order valence-corrected chi connectivity index (χ1v) is 26.5. The third-order valence-electron chi connectivity index (χ3n) is 12.1. The molecule has 9 atom stereocenters. The lowest BCUT2D eigenvalue weighted by molar-refractivity contribution is -0.135. The number of hydrogen-bond acceptors (Lipinski definition) is 14. The molecule has 16 N–H and O–H groups in total. The fraction of sp³-hybridized carbons (Fsp3) is 0.460. The number of para-hydroxylation sites is 1. The van der Waals surface area contributed by atoms with Crippen LogP contribution in [-0.4, -0.2) is 136 Å². The van der Waals surface area contributed by atoms with Gasteiger partial charge in [-0.15, -0.1) is 0 Å². The molecule has 5 rings (SSSR count). The topological polar surface area (TPSA) is 338 Å². The smallest absolute Gasteiger partial charge is 0.244 e. The SMILES string of the molecule is CC(C)[C@H]1NC(=O)[C@H](CCCCN)NC(=O)[C@@H](Cc2c[nH]c3ccccc23)NC(=O)[C@H](Cc2ccc(O)cc2)NC(=O)[C@@H](NC(=O)[C@@H](N)Cc2ccccc2)CSSC[C@H](CN[C@H](C(N)=O)[C@@H](C)O)NC1=O. The normalized spacial score (nSPS) is 22.3. The number of H-pyrrole nitrogens is 1. The summed E-state index contributed by atoms with van der Waals surface area (Å²) in [6.45, 7) is 5.13. The number of benzene rings is 3. The molecule has 1 aliphatic rings. The zero-order valence-corrected chi connectivity index (χ0v) is 42.4. The molecule has 0 spiro atoms. The fourth-order valence-electron chi connectivity index (χ4n) is 8.06. The van der Waals surface area contributed by atoms with Crippen LogP contribution >= 0.6 is 21.6 Å². The molecule has 0 aliphatic carbocycles. The maximum atomic E-state index is 14.8. The van der Waals surface area contributed by atoms with Crippen molar-refractivity contribution in [2.45, 2.75) is 114 Å². The fourth-order valence-corrected chi connectivity index (χ4v) is 10.5. The van der Waals surface area contributed by atoms with Crippen molar-refractivity contribution in [3.8, 4) is 5.75 Å². The van der Waals surface area contributed by atoms with E-state index in [9.17, 15) is 43.8 Å². The van der Waals surface area contributed by atoms with Gasteiger partial charge in [0.15, 0.2) is 0 Å². The van der Waals surface area contributed by atoms with Crippen LogP contribution < -0.4 is 54.4 Å². The zero-order chi connectivity index (χ0) is 52.3. The molecule has 22 heteroatoms. The summed E-state index contributed by atoms with van der Waals surface area (Å²) in [5.74, 6) is -5.35. The number of primary amides is 1. The van der Waals surface area contributed by atoms with E-state index in [1.165, 1.54) is 40.6 Å². The van der Waals surface area contributed by atoms with Gasteiger partial charge in [0.1, 0.15) is 42.0 Å². The van der Waals surface area contributed by atoms with E-state index in [0.717, 1.165) is 16.5 Å². The van der Waals surface area contributed by atoms with Gasteiger partial charge in [0.25, 0.3) is 0 Å². The van der Waals surface area contributed by atoms with Crippen molar-refractivity contribution < 1.29 is 43.8 Å². The van der Waals surface area contributed by atoms with E-state index >= 15 is 0 Å². The Bertz CT molecular complexity index is 2440. The highest BCUT2D eigenvalue weighted by molar-refractivity contribution is 8.76. The number of rotatable bonds is 18. The third kappa shape index (κ3) is 17.3. The first-order chi connectivity index (χ1) is 34.4. The predicted octanol–water partition coefficient (Wildman–Crippen LogP) is 0.142. The molecule has 1 aliphatic heterocycles. The summed E-state index contributed by atoms with van der Waals surface area (Å²) in [5.41, 5.74) is 20.6. The molecule has 0 bridgehead atoms. The summed E-state index contributed by atoms with van der Waals surface area (Å²) in [4.78, 5) is 102. The first-order valence-electron chi connectivity index (χ1n) is 24.0. The molecule has 3 aromatic carbocycles. The van der Waals surface area contributed by atoms with E-state index in [-0.39, 0.29) is 49.5 Å². The maximum absolute atomic E-state index is 14.8. The maximum Gasteiger partial charge on any atom is 0.244 e. The largest absolute Gasteiger partial charge is 0.508 e. The van der Waals surface area contributed by atoms with Crippen LogP contribution in [0.25, 0.3) is 10.9 Å². The number of phenols is 1. The van der Waals surface area contributed by atoms with Crippen molar-refractivity contribution in [3.05, 3.63) is 102 Å². The summed E-state index contributed by atoms with van der Waals surface area (Å²) in [7, 11) is 2.39. The highest BCUT2D eigenvalue weighted by atomic mass is 33.1. The van der Waals surface area contributed by atoms with Gasteiger partial charge in [0.05, 0.1) is 18.2 Å². The van der Waals surface area contributed by atoms with Gasteiger partial charge >= 0.3 is 0 Å². The number of aromatic hydroxyl groups is 1. The average Bonchev–Trinajstić information content (AvgIpc) is 3.75. The second-order valence-electron chi connectivity index (χ2n) is 18.3. The Kier molecular flexibility index (Phi) is 22.2. The molecule has 0 unspecified atom stereocenters. The van der Waals surface area contributed by atoms with Crippen molar-refractivity contribution in [2.75, 3.05) is 24.6 Å². The van der Waals surface area contributed by atoms with Gasteiger partial charge in [0.2, 0.25) is 41.4 Å². The highest BCUT2D eigenvalue weighted by Gasteiger charge is 2.35. The Labute approximate surface area is 427 Å².